The van der Waals surface area contributed by atoms with E-state index in [2.05, 4.69) is 45.1 Å². The van der Waals surface area contributed by atoms with Gasteiger partial charge in [-0.1, -0.05) is 46.8 Å². The summed E-state index contributed by atoms with van der Waals surface area (Å²) >= 11 is 0. The summed E-state index contributed by atoms with van der Waals surface area (Å²) in [6.07, 6.45) is 2.49. The summed E-state index contributed by atoms with van der Waals surface area (Å²) in [7, 11) is 0. The number of hydrogen-bond donors (Lipinski definition) is 1. The first-order valence-corrected chi connectivity index (χ1v) is 12.4. The van der Waals surface area contributed by atoms with Crippen molar-refractivity contribution >= 4 is 23.8 Å². The quantitative estimate of drug-likeness (QED) is 0.112. The summed E-state index contributed by atoms with van der Waals surface area (Å²) in [5, 5.41) is 14.7. The standard InChI is InChI=1S/C30H33N3O6/c1-29(2,3)20-30(4,5)23-10-16-25(17-11-23)38-19-27(34)32-31-18-21-6-14-26(15-7-21)39-28(35)22-8-12-24(13-9-22)33(36)37/h6-18H,19-20H2,1-5H3,(H,32,34)/b31-18-. The zero-order chi connectivity index (χ0) is 28.6. The third kappa shape index (κ3) is 9.07. The van der Waals surface area contributed by atoms with Crippen LogP contribution < -0.4 is 14.9 Å². The number of ether oxygens (including phenoxy) is 2. The number of nitro groups is 1. The van der Waals surface area contributed by atoms with E-state index in [0.717, 1.165) is 6.42 Å². The Bertz CT molecular complexity index is 1320. The molecular weight excluding hydrogens is 498 g/mol. The number of nitro benzene ring substituents is 1. The molecule has 0 radical (unpaired) electrons. The summed E-state index contributed by atoms with van der Waals surface area (Å²) in [4.78, 5) is 34.5. The van der Waals surface area contributed by atoms with Crippen LogP contribution in [0.5, 0.6) is 11.5 Å². The molecule has 0 aliphatic rings. The van der Waals surface area contributed by atoms with Crippen LogP contribution in [0.4, 0.5) is 5.69 Å². The van der Waals surface area contributed by atoms with Crippen LogP contribution in [0, 0.1) is 15.5 Å². The van der Waals surface area contributed by atoms with Crippen molar-refractivity contribution in [3.63, 3.8) is 0 Å². The van der Waals surface area contributed by atoms with Crippen molar-refractivity contribution in [2.75, 3.05) is 6.61 Å². The van der Waals surface area contributed by atoms with Gasteiger partial charge in [-0.3, -0.25) is 14.9 Å². The van der Waals surface area contributed by atoms with E-state index in [9.17, 15) is 19.7 Å². The Morgan fingerprint density at radius 3 is 2.05 bits per heavy atom. The monoisotopic (exact) mass is 531 g/mol. The first-order valence-electron chi connectivity index (χ1n) is 12.4. The third-order valence-corrected chi connectivity index (χ3v) is 5.79. The Morgan fingerprint density at radius 1 is 0.897 bits per heavy atom. The number of hydrogen-bond acceptors (Lipinski definition) is 7. The molecule has 3 aromatic carbocycles. The van der Waals surface area contributed by atoms with E-state index >= 15 is 0 Å². The fraction of sp³-hybridized carbons (Fsp3) is 0.300. The van der Waals surface area contributed by atoms with Crippen molar-refractivity contribution in [1.29, 1.82) is 0 Å². The molecular formula is C30H33N3O6. The highest BCUT2D eigenvalue weighted by molar-refractivity contribution is 5.91. The van der Waals surface area contributed by atoms with Gasteiger partial charge in [-0.2, -0.15) is 5.10 Å². The molecule has 1 amide bonds. The minimum Gasteiger partial charge on any atom is -0.484 e. The van der Waals surface area contributed by atoms with E-state index < -0.39 is 16.8 Å². The number of hydrazone groups is 1. The number of nitrogens with zero attached hydrogens (tertiary/aromatic N) is 2. The van der Waals surface area contributed by atoms with Crippen molar-refractivity contribution < 1.29 is 24.0 Å². The van der Waals surface area contributed by atoms with Crippen LogP contribution >= 0.6 is 0 Å². The second-order valence-corrected chi connectivity index (χ2v) is 11.0. The molecule has 0 saturated heterocycles. The number of esters is 1. The van der Waals surface area contributed by atoms with Gasteiger partial charge in [0.2, 0.25) is 0 Å². The van der Waals surface area contributed by atoms with Gasteiger partial charge in [0.1, 0.15) is 11.5 Å². The molecule has 9 heteroatoms. The Labute approximate surface area is 228 Å². The summed E-state index contributed by atoms with van der Waals surface area (Å²) < 4.78 is 10.9. The maximum Gasteiger partial charge on any atom is 0.343 e. The second kappa shape index (κ2) is 12.3. The molecule has 204 valence electrons. The molecule has 39 heavy (non-hydrogen) atoms. The van der Waals surface area contributed by atoms with Gasteiger partial charge in [0.05, 0.1) is 16.7 Å². The molecule has 1 N–H and O–H groups in total. The highest BCUT2D eigenvalue weighted by Crippen LogP contribution is 2.36. The highest BCUT2D eigenvalue weighted by atomic mass is 16.6. The van der Waals surface area contributed by atoms with Crippen molar-refractivity contribution in [3.8, 4) is 11.5 Å². The first-order chi connectivity index (χ1) is 18.3. The molecule has 0 heterocycles. The lowest BCUT2D eigenvalue weighted by Crippen LogP contribution is -2.25. The number of carbonyl (C=O) groups excluding carboxylic acids is 2. The normalized spacial score (nSPS) is 11.7. The van der Waals surface area contributed by atoms with E-state index in [1.165, 1.54) is 36.0 Å². The molecule has 0 spiro atoms. The lowest BCUT2D eigenvalue weighted by Gasteiger charge is -2.33. The SMILES string of the molecule is CC(C)(C)CC(C)(C)c1ccc(OCC(=O)N/N=C\c2ccc(OC(=O)c3ccc([N+](=O)[O-])cc3)cc2)cc1. The first kappa shape index (κ1) is 29.0. The van der Waals surface area contributed by atoms with Gasteiger partial charge < -0.3 is 9.47 Å². The number of nitrogens with one attached hydrogen (secondary N) is 1. The predicted molar refractivity (Wildman–Crippen MR) is 149 cm³/mol. The summed E-state index contributed by atoms with van der Waals surface area (Å²) in [6.45, 7) is 11.0. The number of rotatable bonds is 10. The van der Waals surface area contributed by atoms with Crippen LogP contribution in [0.15, 0.2) is 77.9 Å². The van der Waals surface area contributed by atoms with Gasteiger partial charge in [0.15, 0.2) is 6.61 Å². The maximum absolute atomic E-state index is 12.2. The van der Waals surface area contributed by atoms with Crippen LogP contribution in [0.2, 0.25) is 0 Å². The molecule has 0 aromatic heterocycles. The van der Waals surface area contributed by atoms with Crippen LogP contribution in [-0.2, 0) is 10.2 Å². The molecule has 0 unspecified atom stereocenters. The number of non-ortho nitro benzene ring substituents is 1. The zero-order valence-corrected chi connectivity index (χ0v) is 22.8. The van der Waals surface area contributed by atoms with Gasteiger partial charge in [-0.25, -0.2) is 10.2 Å². The Kier molecular flexibility index (Phi) is 9.19. The molecule has 9 nitrogen and oxygen atoms in total. The van der Waals surface area contributed by atoms with Gasteiger partial charge in [-0.05, 0) is 76.9 Å². The van der Waals surface area contributed by atoms with Gasteiger partial charge in [-0.15, -0.1) is 0 Å². The minimum absolute atomic E-state index is 0.0237. The van der Waals surface area contributed by atoms with E-state index in [1.54, 1.807) is 24.3 Å². The van der Waals surface area contributed by atoms with E-state index in [0.29, 0.717) is 17.1 Å². The summed E-state index contributed by atoms with van der Waals surface area (Å²) in [6, 6.07) is 19.4. The average molecular weight is 532 g/mol. The Balaban J connectivity index is 1.45. The molecule has 0 fully saturated rings. The fourth-order valence-electron chi connectivity index (χ4n) is 4.30. The third-order valence-electron chi connectivity index (χ3n) is 5.79. The fourth-order valence-corrected chi connectivity index (χ4v) is 4.30. The lowest BCUT2D eigenvalue weighted by atomic mass is 9.72. The van der Waals surface area contributed by atoms with Crippen molar-refractivity contribution in [3.05, 3.63) is 99.6 Å². The van der Waals surface area contributed by atoms with Gasteiger partial charge >= 0.3 is 5.97 Å². The molecule has 0 bridgehead atoms. The van der Waals surface area contributed by atoms with E-state index in [4.69, 9.17) is 9.47 Å². The largest absolute Gasteiger partial charge is 0.484 e. The molecule has 3 rings (SSSR count). The second-order valence-electron chi connectivity index (χ2n) is 11.0. The Hall–Kier alpha value is -4.53. The smallest absolute Gasteiger partial charge is 0.343 e. The minimum atomic E-state index is -0.637. The number of amides is 1. The molecule has 0 atom stereocenters. The maximum atomic E-state index is 12.2. The van der Waals surface area contributed by atoms with Crippen LogP contribution in [0.25, 0.3) is 0 Å². The van der Waals surface area contributed by atoms with Crippen LogP contribution in [0.1, 0.15) is 62.5 Å². The summed E-state index contributed by atoms with van der Waals surface area (Å²) in [5.41, 5.74) is 4.61. The van der Waals surface area contributed by atoms with Crippen molar-refractivity contribution in [1.82, 2.24) is 5.43 Å². The average Bonchev–Trinajstić information content (AvgIpc) is 2.87. The van der Waals surface area contributed by atoms with Crippen molar-refractivity contribution in [2.24, 2.45) is 10.5 Å². The van der Waals surface area contributed by atoms with Crippen LogP contribution in [-0.4, -0.2) is 29.6 Å². The molecule has 0 aliphatic heterocycles. The molecule has 0 saturated carbocycles. The van der Waals surface area contributed by atoms with Crippen LogP contribution in [0.3, 0.4) is 0 Å². The van der Waals surface area contributed by atoms with E-state index in [1.807, 2.05) is 24.3 Å². The number of carbonyl (C=O) groups is 2. The van der Waals surface area contributed by atoms with Gasteiger partial charge in [0, 0.05) is 12.1 Å². The topological polar surface area (TPSA) is 120 Å². The predicted octanol–water partition coefficient (Wildman–Crippen LogP) is 6.06. The van der Waals surface area contributed by atoms with Crippen molar-refractivity contribution in [2.45, 2.75) is 46.5 Å². The molecule has 0 aliphatic carbocycles. The van der Waals surface area contributed by atoms with Gasteiger partial charge in [0.25, 0.3) is 11.6 Å². The summed E-state index contributed by atoms with van der Waals surface area (Å²) in [5.74, 6) is -0.150. The van der Waals surface area contributed by atoms with E-state index in [-0.39, 0.29) is 28.7 Å². The molecule has 3 aromatic rings. The Morgan fingerprint density at radius 2 is 1.49 bits per heavy atom. The zero-order valence-electron chi connectivity index (χ0n) is 22.8. The number of benzene rings is 3. The lowest BCUT2D eigenvalue weighted by molar-refractivity contribution is -0.384. The highest BCUT2D eigenvalue weighted by Gasteiger charge is 2.27.